The minimum atomic E-state index is -0.517. The van der Waals surface area contributed by atoms with Crippen LogP contribution >= 0.6 is 11.6 Å². The molecule has 0 heterocycles. The summed E-state index contributed by atoms with van der Waals surface area (Å²) < 4.78 is 0. The number of amides is 3. The lowest BCUT2D eigenvalue weighted by atomic mass is 10.3. The minimum absolute atomic E-state index is 0.228. The minimum Gasteiger partial charge on any atom is -0.307 e. The van der Waals surface area contributed by atoms with Gasteiger partial charge in [0, 0.05) is 17.1 Å². The lowest BCUT2D eigenvalue weighted by molar-refractivity contribution is -0.121. The van der Waals surface area contributed by atoms with Gasteiger partial charge in [0.05, 0.1) is 0 Å². The molecular weight excluding hydrogens is 242 g/mol. The largest absolute Gasteiger partial charge is 0.337 e. The lowest BCUT2D eigenvalue weighted by Crippen LogP contribution is -2.43. The van der Waals surface area contributed by atoms with Crippen molar-refractivity contribution < 1.29 is 9.59 Å². The molecule has 0 fully saturated rings. The molecule has 0 aliphatic rings. The second-order valence-corrected chi connectivity index (χ2v) is 3.82. The van der Waals surface area contributed by atoms with Gasteiger partial charge in [-0.1, -0.05) is 24.6 Å². The third kappa shape index (κ3) is 5.21. The molecule has 17 heavy (non-hydrogen) atoms. The Bertz CT molecular complexity index is 409. The number of urea groups is 1. The SMILES string of the molecule is CCCC(=O)NNC(=O)Nc1cccc(Cl)c1. The highest BCUT2D eigenvalue weighted by Crippen LogP contribution is 2.14. The van der Waals surface area contributed by atoms with Crippen LogP contribution < -0.4 is 16.2 Å². The van der Waals surface area contributed by atoms with Crippen molar-refractivity contribution in [3.63, 3.8) is 0 Å². The molecule has 1 aromatic carbocycles. The predicted molar refractivity (Wildman–Crippen MR) is 66.7 cm³/mol. The number of benzene rings is 1. The van der Waals surface area contributed by atoms with Crippen molar-refractivity contribution in [3.8, 4) is 0 Å². The highest BCUT2D eigenvalue weighted by Gasteiger charge is 2.03. The molecule has 1 aromatic rings. The highest BCUT2D eigenvalue weighted by atomic mass is 35.5. The first-order chi connectivity index (χ1) is 8.11. The molecule has 0 aromatic heterocycles. The van der Waals surface area contributed by atoms with Crippen LogP contribution in [0.25, 0.3) is 0 Å². The summed E-state index contributed by atoms with van der Waals surface area (Å²) in [5, 5.41) is 3.06. The third-order valence-electron chi connectivity index (χ3n) is 1.87. The number of carbonyl (C=O) groups is 2. The first kappa shape index (κ1) is 13.3. The van der Waals surface area contributed by atoms with E-state index in [4.69, 9.17) is 11.6 Å². The fourth-order valence-corrected chi connectivity index (χ4v) is 1.33. The Hall–Kier alpha value is -1.75. The standard InChI is InChI=1S/C11H14ClN3O2/c1-2-4-10(16)14-15-11(17)13-9-6-3-5-8(12)7-9/h3,5-7H,2,4H2,1H3,(H,14,16)(H2,13,15,17). The van der Waals surface area contributed by atoms with Crippen molar-refractivity contribution in [2.24, 2.45) is 0 Å². The van der Waals surface area contributed by atoms with Crippen LogP contribution in [-0.4, -0.2) is 11.9 Å². The molecule has 92 valence electrons. The molecule has 3 N–H and O–H groups in total. The normalized spacial score (nSPS) is 9.53. The summed E-state index contributed by atoms with van der Waals surface area (Å²) in [5.41, 5.74) is 5.08. The van der Waals surface area contributed by atoms with Crippen LogP contribution in [0.15, 0.2) is 24.3 Å². The van der Waals surface area contributed by atoms with Gasteiger partial charge in [-0.25, -0.2) is 10.2 Å². The lowest BCUT2D eigenvalue weighted by Gasteiger charge is -2.08. The van der Waals surface area contributed by atoms with E-state index in [-0.39, 0.29) is 5.91 Å². The van der Waals surface area contributed by atoms with Crippen LogP contribution in [0, 0.1) is 0 Å². The molecule has 0 unspecified atom stereocenters. The molecule has 3 amide bonds. The number of hydrogen-bond donors (Lipinski definition) is 3. The van der Waals surface area contributed by atoms with Crippen molar-refractivity contribution in [2.45, 2.75) is 19.8 Å². The van der Waals surface area contributed by atoms with Crippen LogP contribution in [0.1, 0.15) is 19.8 Å². The van der Waals surface area contributed by atoms with Gasteiger partial charge in [-0.15, -0.1) is 0 Å². The summed E-state index contributed by atoms with van der Waals surface area (Å²) in [6.45, 7) is 1.88. The summed E-state index contributed by atoms with van der Waals surface area (Å²) >= 11 is 5.76. The molecular formula is C11H14ClN3O2. The number of anilines is 1. The van der Waals surface area contributed by atoms with Crippen LogP contribution in [0.2, 0.25) is 5.02 Å². The molecule has 5 nitrogen and oxygen atoms in total. The van der Waals surface area contributed by atoms with E-state index in [0.29, 0.717) is 17.1 Å². The summed E-state index contributed by atoms with van der Waals surface area (Å²) in [5.74, 6) is -0.228. The van der Waals surface area contributed by atoms with E-state index in [1.54, 1.807) is 24.3 Å². The molecule has 0 saturated heterocycles. The number of nitrogens with one attached hydrogen (secondary N) is 3. The number of hydrazine groups is 1. The van der Waals surface area contributed by atoms with E-state index in [2.05, 4.69) is 16.2 Å². The molecule has 6 heteroatoms. The molecule has 0 atom stereocenters. The topological polar surface area (TPSA) is 70.2 Å². The van der Waals surface area contributed by atoms with Gasteiger partial charge in [-0.05, 0) is 24.6 Å². The van der Waals surface area contributed by atoms with E-state index < -0.39 is 6.03 Å². The fraction of sp³-hybridized carbons (Fsp3) is 0.273. The maximum absolute atomic E-state index is 11.4. The summed E-state index contributed by atoms with van der Waals surface area (Å²) in [6.07, 6.45) is 1.10. The van der Waals surface area contributed by atoms with E-state index in [0.717, 1.165) is 6.42 Å². The third-order valence-corrected chi connectivity index (χ3v) is 2.11. The van der Waals surface area contributed by atoms with Gasteiger partial charge in [0.15, 0.2) is 0 Å². The highest BCUT2D eigenvalue weighted by molar-refractivity contribution is 6.30. The number of hydrogen-bond acceptors (Lipinski definition) is 2. The molecule has 0 aliphatic carbocycles. The van der Waals surface area contributed by atoms with E-state index in [1.165, 1.54) is 0 Å². The summed E-state index contributed by atoms with van der Waals surface area (Å²) in [7, 11) is 0. The summed E-state index contributed by atoms with van der Waals surface area (Å²) in [4.78, 5) is 22.4. The maximum atomic E-state index is 11.4. The van der Waals surface area contributed by atoms with Crippen molar-refractivity contribution >= 4 is 29.2 Å². The average molecular weight is 256 g/mol. The Balaban J connectivity index is 2.37. The Morgan fingerprint density at radius 1 is 1.29 bits per heavy atom. The quantitative estimate of drug-likeness (QED) is 0.726. The van der Waals surface area contributed by atoms with Gasteiger partial charge in [0.2, 0.25) is 5.91 Å². The van der Waals surface area contributed by atoms with Crippen LogP contribution in [0.5, 0.6) is 0 Å². The Labute approximate surface area is 105 Å². The zero-order chi connectivity index (χ0) is 12.7. The predicted octanol–water partition coefficient (Wildman–Crippen LogP) is 2.29. The molecule has 1 rings (SSSR count). The second kappa shape index (κ2) is 6.75. The summed E-state index contributed by atoms with van der Waals surface area (Å²) in [6, 6.07) is 6.20. The average Bonchev–Trinajstić information content (AvgIpc) is 2.27. The number of carbonyl (C=O) groups excluding carboxylic acids is 2. The first-order valence-corrected chi connectivity index (χ1v) is 5.61. The maximum Gasteiger partial charge on any atom is 0.337 e. The number of halogens is 1. The zero-order valence-corrected chi connectivity index (χ0v) is 10.2. The van der Waals surface area contributed by atoms with Gasteiger partial charge in [-0.3, -0.25) is 10.2 Å². The Morgan fingerprint density at radius 2 is 2.06 bits per heavy atom. The van der Waals surface area contributed by atoms with Crippen molar-refractivity contribution in [1.82, 2.24) is 10.9 Å². The van der Waals surface area contributed by atoms with Crippen molar-refractivity contribution in [1.29, 1.82) is 0 Å². The Morgan fingerprint density at radius 3 is 2.71 bits per heavy atom. The van der Waals surface area contributed by atoms with Crippen LogP contribution in [0.3, 0.4) is 0 Å². The van der Waals surface area contributed by atoms with E-state index >= 15 is 0 Å². The van der Waals surface area contributed by atoms with E-state index in [1.807, 2.05) is 6.92 Å². The molecule has 0 aliphatic heterocycles. The van der Waals surface area contributed by atoms with Gasteiger partial charge >= 0.3 is 6.03 Å². The monoisotopic (exact) mass is 255 g/mol. The molecule has 0 bridgehead atoms. The number of rotatable bonds is 3. The fourth-order valence-electron chi connectivity index (χ4n) is 1.14. The van der Waals surface area contributed by atoms with Crippen molar-refractivity contribution in [3.05, 3.63) is 29.3 Å². The van der Waals surface area contributed by atoms with Crippen LogP contribution in [-0.2, 0) is 4.79 Å². The van der Waals surface area contributed by atoms with Crippen molar-refractivity contribution in [2.75, 3.05) is 5.32 Å². The Kier molecular flexibility index (Phi) is 5.29. The van der Waals surface area contributed by atoms with Gasteiger partial charge in [0.25, 0.3) is 0 Å². The van der Waals surface area contributed by atoms with Crippen LogP contribution in [0.4, 0.5) is 10.5 Å². The van der Waals surface area contributed by atoms with E-state index in [9.17, 15) is 9.59 Å². The molecule has 0 spiro atoms. The second-order valence-electron chi connectivity index (χ2n) is 3.39. The van der Waals surface area contributed by atoms with Gasteiger partial charge < -0.3 is 5.32 Å². The van der Waals surface area contributed by atoms with Gasteiger partial charge in [-0.2, -0.15) is 0 Å². The van der Waals surface area contributed by atoms with Gasteiger partial charge in [0.1, 0.15) is 0 Å². The zero-order valence-electron chi connectivity index (χ0n) is 9.42. The molecule has 0 saturated carbocycles. The molecule has 0 radical (unpaired) electrons. The first-order valence-electron chi connectivity index (χ1n) is 5.23. The smallest absolute Gasteiger partial charge is 0.307 e.